The first kappa shape index (κ1) is 15.1. The van der Waals surface area contributed by atoms with Gasteiger partial charge in [-0.15, -0.1) is 0 Å². The van der Waals surface area contributed by atoms with Gasteiger partial charge in [-0.3, -0.25) is 9.59 Å². The lowest BCUT2D eigenvalue weighted by atomic mass is 9.74. The van der Waals surface area contributed by atoms with E-state index in [0.717, 1.165) is 0 Å². The van der Waals surface area contributed by atoms with Gasteiger partial charge in [0, 0.05) is 11.5 Å². The van der Waals surface area contributed by atoms with Crippen molar-refractivity contribution in [1.29, 1.82) is 0 Å². The molecule has 5 atom stereocenters. The first-order chi connectivity index (χ1) is 10.3. The van der Waals surface area contributed by atoms with E-state index < -0.39 is 35.5 Å². The maximum Gasteiger partial charge on any atom is 0.333 e. The third-order valence-corrected chi connectivity index (χ3v) is 4.87. The molecule has 0 spiro atoms. The van der Waals surface area contributed by atoms with Crippen molar-refractivity contribution < 1.29 is 28.6 Å². The van der Waals surface area contributed by atoms with Crippen LogP contribution in [0.4, 0.5) is 0 Å². The van der Waals surface area contributed by atoms with Gasteiger partial charge >= 0.3 is 17.9 Å². The van der Waals surface area contributed by atoms with E-state index >= 15 is 0 Å². The van der Waals surface area contributed by atoms with Gasteiger partial charge in [0.2, 0.25) is 0 Å². The highest BCUT2D eigenvalue weighted by molar-refractivity contribution is 5.92. The summed E-state index contributed by atoms with van der Waals surface area (Å²) in [6, 6.07) is 0. The quantitative estimate of drug-likeness (QED) is 0.443. The molecule has 6 heteroatoms. The average Bonchev–Trinajstić information content (AvgIpc) is 2.98. The molecule has 0 N–H and O–H groups in total. The zero-order chi connectivity index (χ0) is 16.2. The Hall–Kier alpha value is -1.85. The molecule has 3 aliphatic rings. The number of hydrogen-bond acceptors (Lipinski definition) is 6. The van der Waals surface area contributed by atoms with E-state index in [9.17, 15) is 14.4 Å². The van der Waals surface area contributed by atoms with Crippen molar-refractivity contribution in [3.63, 3.8) is 0 Å². The number of ether oxygens (including phenoxy) is 3. The number of esters is 3. The van der Waals surface area contributed by atoms with Crippen LogP contribution in [0.15, 0.2) is 12.2 Å². The van der Waals surface area contributed by atoms with Crippen LogP contribution in [-0.4, -0.2) is 36.2 Å². The van der Waals surface area contributed by atoms with Gasteiger partial charge in [0.05, 0.1) is 12.0 Å². The molecule has 1 aliphatic heterocycles. The lowest BCUT2D eigenvalue weighted by molar-refractivity contribution is -0.171. The van der Waals surface area contributed by atoms with Gasteiger partial charge in [0.25, 0.3) is 0 Å². The van der Waals surface area contributed by atoms with Gasteiger partial charge in [-0.25, -0.2) is 4.79 Å². The minimum atomic E-state index is -0.994. The molecule has 22 heavy (non-hydrogen) atoms. The Balaban J connectivity index is 1.89. The summed E-state index contributed by atoms with van der Waals surface area (Å²) in [7, 11) is 0. The van der Waals surface area contributed by atoms with Gasteiger partial charge < -0.3 is 14.2 Å². The smallest absolute Gasteiger partial charge is 0.333 e. The molecule has 6 nitrogen and oxygen atoms in total. The highest BCUT2D eigenvalue weighted by Crippen LogP contribution is 2.64. The Bertz CT molecular complexity index is 565. The van der Waals surface area contributed by atoms with Crippen LogP contribution in [0.5, 0.6) is 0 Å². The number of carbonyl (C=O) groups excluding carboxylic acids is 3. The van der Waals surface area contributed by atoms with Crippen LogP contribution in [0.25, 0.3) is 0 Å². The molecule has 3 rings (SSSR count). The lowest BCUT2D eigenvalue weighted by Crippen LogP contribution is -2.47. The second kappa shape index (κ2) is 4.83. The standard InChI is InChI=1S/C16H20O6/c1-7(2)13(17)21-11-9-5-10-14(18)22-12(11)16(10,6-9)15(19)20-8(3)4/h8-12H,1,5-6H2,2-4H3. The number of rotatable bonds is 4. The first-order valence-corrected chi connectivity index (χ1v) is 7.55. The maximum atomic E-state index is 12.6. The third kappa shape index (κ3) is 1.89. The zero-order valence-electron chi connectivity index (χ0n) is 13.0. The van der Waals surface area contributed by atoms with E-state index in [-0.39, 0.29) is 23.6 Å². The zero-order valence-corrected chi connectivity index (χ0v) is 13.0. The Labute approximate surface area is 128 Å². The Morgan fingerprint density at radius 2 is 2.09 bits per heavy atom. The fraction of sp³-hybridized carbons (Fsp3) is 0.688. The molecule has 120 valence electrons. The number of carbonyl (C=O) groups is 3. The van der Waals surface area contributed by atoms with Crippen LogP contribution in [0, 0.1) is 17.3 Å². The van der Waals surface area contributed by atoms with E-state index in [1.54, 1.807) is 20.8 Å². The van der Waals surface area contributed by atoms with Crippen molar-refractivity contribution in [2.24, 2.45) is 17.3 Å². The van der Waals surface area contributed by atoms with E-state index in [0.29, 0.717) is 12.8 Å². The first-order valence-electron chi connectivity index (χ1n) is 7.55. The topological polar surface area (TPSA) is 78.9 Å². The van der Waals surface area contributed by atoms with Crippen molar-refractivity contribution >= 4 is 17.9 Å². The molecule has 3 fully saturated rings. The summed E-state index contributed by atoms with van der Waals surface area (Å²) in [5, 5.41) is 0. The predicted octanol–water partition coefficient (Wildman–Crippen LogP) is 1.38. The summed E-state index contributed by atoms with van der Waals surface area (Å²) >= 11 is 0. The molecule has 5 unspecified atom stereocenters. The van der Waals surface area contributed by atoms with Gasteiger partial charge in [0.1, 0.15) is 11.5 Å². The van der Waals surface area contributed by atoms with Crippen LogP contribution in [0.2, 0.25) is 0 Å². The molecule has 2 aliphatic carbocycles. The Morgan fingerprint density at radius 3 is 2.68 bits per heavy atom. The van der Waals surface area contributed by atoms with Crippen LogP contribution in [0.3, 0.4) is 0 Å². The summed E-state index contributed by atoms with van der Waals surface area (Å²) in [5.41, 5.74) is -0.714. The average molecular weight is 308 g/mol. The lowest BCUT2D eigenvalue weighted by Gasteiger charge is -2.32. The molecule has 0 aromatic heterocycles. The second-order valence-electron chi connectivity index (χ2n) is 6.75. The summed E-state index contributed by atoms with van der Waals surface area (Å²) in [6.45, 7) is 8.64. The Morgan fingerprint density at radius 1 is 1.41 bits per heavy atom. The SMILES string of the molecule is C=C(C)C(=O)OC1C2CC3C(=O)OC1C3(C(=O)OC(C)C)C2. The molecule has 1 saturated heterocycles. The number of hydrogen-bond donors (Lipinski definition) is 0. The predicted molar refractivity (Wildman–Crippen MR) is 74.4 cm³/mol. The third-order valence-electron chi connectivity index (χ3n) is 4.87. The van der Waals surface area contributed by atoms with E-state index in [1.165, 1.54) is 0 Å². The highest BCUT2D eigenvalue weighted by atomic mass is 16.6. The molecular formula is C16H20O6. The summed E-state index contributed by atoms with van der Waals surface area (Å²) in [4.78, 5) is 36.5. The van der Waals surface area contributed by atoms with Crippen LogP contribution < -0.4 is 0 Å². The minimum absolute atomic E-state index is 0.0514. The fourth-order valence-corrected chi connectivity index (χ4v) is 4.01. The summed E-state index contributed by atoms with van der Waals surface area (Å²) < 4.78 is 16.2. The minimum Gasteiger partial charge on any atom is -0.462 e. The van der Waals surface area contributed by atoms with Crippen molar-refractivity contribution in [1.82, 2.24) is 0 Å². The summed E-state index contributed by atoms with van der Waals surface area (Å²) in [5.74, 6) is -1.86. The van der Waals surface area contributed by atoms with Crippen molar-refractivity contribution in [3.05, 3.63) is 12.2 Å². The number of fused-ring (bicyclic) bond motifs is 1. The molecule has 2 bridgehead atoms. The monoisotopic (exact) mass is 308 g/mol. The van der Waals surface area contributed by atoms with Crippen molar-refractivity contribution in [2.45, 2.75) is 51.9 Å². The Kier molecular flexibility index (Phi) is 3.30. The van der Waals surface area contributed by atoms with E-state index in [2.05, 4.69) is 6.58 Å². The maximum absolute atomic E-state index is 12.6. The van der Waals surface area contributed by atoms with E-state index in [4.69, 9.17) is 14.2 Å². The van der Waals surface area contributed by atoms with Gasteiger partial charge in [-0.05, 0) is 33.6 Å². The van der Waals surface area contributed by atoms with Crippen LogP contribution in [0.1, 0.15) is 33.6 Å². The molecule has 2 saturated carbocycles. The van der Waals surface area contributed by atoms with Gasteiger partial charge in [-0.1, -0.05) is 6.58 Å². The molecule has 0 aromatic rings. The summed E-state index contributed by atoms with van der Waals surface area (Å²) in [6.07, 6.45) is -0.637. The van der Waals surface area contributed by atoms with E-state index in [1.807, 2.05) is 0 Å². The molecule has 1 heterocycles. The van der Waals surface area contributed by atoms with Gasteiger partial charge in [0.15, 0.2) is 6.10 Å². The van der Waals surface area contributed by atoms with Crippen molar-refractivity contribution in [3.8, 4) is 0 Å². The molecule has 0 aromatic carbocycles. The van der Waals surface area contributed by atoms with Crippen molar-refractivity contribution in [2.75, 3.05) is 0 Å². The van der Waals surface area contributed by atoms with Gasteiger partial charge in [-0.2, -0.15) is 0 Å². The van der Waals surface area contributed by atoms with Crippen LogP contribution in [-0.2, 0) is 28.6 Å². The normalized spacial score (nSPS) is 38.1. The highest BCUT2D eigenvalue weighted by Gasteiger charge is 2.76. The molecule has 0 amide bonds. The van der Waals surface area contributed by atoms with Crippen LogP contribution >= 0.6 is 0 Å². The second-order valence-corrected chi connectivity index (χ2v) is 6.75. The largest absolute Gasteiger partial charge is 0.462 e. The molecule has 0 radical (unpaired) electrons. The fourth-order valence-electron chi connectivity index (χ4n) is 4.01. The molecular weight excluding hydrogens is 288 g/mol.